The van der Waals surface area contributed by atoms with E-state index in [0.717, 1.165) is 12.8 Å². The number of hydrogen-bond donors (Lipinski definition) is 1. The lowest BCUT2D eigenvalue weighted by Gasteiger charge is -2.02. The lowest BCUT2D eigenvalue weighted by molar-refractivity contribution is 0.142. The summed E-state index contributed by atoms with van der Waals surface area (Å²) in [6.07, 6.45) is 1.72. The first-order chi connectivity index (χ1) is 5.29. The third-order valence-corrected chi connectivity index (χ3v) is 2.04. The van der Waals surface area contributed by atoms with E-state index in [4.69, 9.17) is 0 Å². The maximum atomic E-state index is 9.57. The van der Waals surface area contributed by atoms with E-state index in [1.807, 2.05) is 0 Å². The Kier molecular flexibility index (Phi) is 1.42. The molecule has 60 valence electrons. The molecule has 2 rings (SSSR count). The fourth-order valence-electron chi connectivity index (χ4n) is 1.14. The molecule has 1 atom stereocenters. The Bertz CT molecular complexity index is 255. The van der Waals surface area contributed by atoms with Crippen molar-refractivity contribution < 1.29 is 9.74 Å². The van der Waals surface area contributed by atoms with Gasteiger partial charge in [-0.3, -0.25) is 0 Å². The van der Waals surface area contributed by atoms with Crippen LogP contribution < -0.4 is 0 Å². The van der Waals surface area contributed by atoms with Gasteiger partial charge in [0.05, 0.1) is 0 Å². The Hall–Kier alpha value is -0.900. The molecular weight excluding hydrogens is 144 g/mol. The number of rotatable bonds is 2. The molecule has 1 aliphatic rings. The van der Waals surface area contributed by atoms with Gasteiger partial charge in [-0.15, -0.1) is 0 Å². The van der Waals surface area contributed by atoms with Crippen molar-refractivity contribution in [2.45, 2.75) is 25.9 Å². The molecule has 0 amide bonds. The van der Waals surface area contributed by atoms with Crippen LogP contribution in [0.5, 0.6) is 0 Å². The Morgan fingerprint density at radius 1 is 1.55 bits per heavy atom. The van der Waals surface area contributed by atoms with E-state index in [1.165, 1.54) is 0 Å². The van der Waals surface area contributed by atoms with Crippen LogP contribution in [-0.2, 0) is 0 Å². The van der Waals surface area contributed by atoms with Crippen molar-refractivity contribution in [1.82, 2.24) is 10.3 Å². The van der Waals surface area contributed by atoms with Gasteiger partial charge in [0.15, 0.2) is 0 Å². The van der Waals surface area contributed by atoms with Gasteiger partial charge in [0.2, 0.25) is 0 Å². The molecule has 1 aromatic heterocycles. The number of aromatic nitrogens is 2. The number of aryl methyl sites for hydroxylation is 1. The lowest BCUT2D eigenvalue weighted by Crippen LogP contribution is -2.01. The predicted molar refractivity (Wildman–Crippen MR) is 36.7 cm³/mol. The minimum atomic E-state index is -0.457. The molecule has 0 saturated heterocycles. The molecular formula is C7H10N2O2. The van der Waals surface area contributed by atoms with Crippen molar-refractivity contribution in [1.29, 1.82) is 0 Å². The fourth-order valence-corrected chi connectivity index (χ4v) is 1.14. The second-order valence-electron chi connectivity index (χ2n) is 3.02. The molecule has 0 aliphatic heterocycles. The predicted octanol–water partition coefficient (Wildman–Crippen LogP) is 0.821. The van der Waals surface area contributed by atoms with Crippen LogP contribution in [0.15, 0.2) is 4.63 Å². The minimum Gasteiger partial charge on any atom is -0.386 e. The van der Waals surface area contributed by atoms with E-state index in [1.54, 1.807) is 6.92 Å². The molecule has 1 heterocycles. The van der Waals surface area contributed by atoms with Crippen LogP contribution in [0.2, 0.25) is 0 Å². The number of aliphatic hydroxyl groups is 1. The summed E-state index contributed by atoms with van der Waals surface area (Å²) in [5, 5.41) is 16.8. The maximum absolute atomic E-state index is 9.57. The Labute approximate surface area is 64.2 Å². The van der Waals surface area contributed by atoms with E-state index < -0.39 is 6.10 Å². The highest BCUT2D eigenvalue weighted by molar-refractivity contribution is 5.11. The van der Waals surface area contributed by atoms with Crippen LogP contribution >= 0.6 is 0 Å². The van der Waals surface area contributed by atoms with Gasteiger partial charge in [-0.1, -0.05) is 10.3 Å². The van der Waals surface area contributed by atoms with Gasteiger partial charge in [0, 0.05) is 0 Å². The first kappa shape index (κ1) is 6.79. The Balaban J connectivity index is 2.20. The highest BCUT2D eigenvalue weighted by Crippen LogP contribution is 2.40. The van der Waals surface area contributed by atoms with E-state index in [-0.39, 0.29) is 0 Å². The molecule has 4 heteroatoms. The summed E-state index contributed by atoms with van der Waals surface area (Å²) in [5.41, 5.74) is 1.30. The summed E-state index contributed by atoms with van der Waals surface area (Å²) in [7, 11) is 0. The minimum absolute atomic E-state index is 0.389. The summed E-state index contributed by atoms with van der Waals surface area (Å²) >= 11 is 0. The molecule has 1 fully saturated rings. The summed E-state index contributed by atoms with van der Waals surface area (Å²) in [6, 6.07) is 0. The van der Waals surface area contributed by atoms with Crippen molar-refractivity contribution in [2.75, 3.05) is 0 Å². The van der Waals surface area contributed by atoms with E-state index >= 15 is 0 Å². The van der Waals surface area contributed by atoms with Gasteiger partial charge < -0.3 is 5.11 Å². The molecule has 1 aliphatic carbocycles. The summed E-state index contributed by atoms with van der Waals surface area (Å²) in [4.78, 5) is 0. The molecule has 0 bridgehead atoms. The lowest BCUT2D eigenvalue weighted by atomic mass is 10.1. The Morgan fingerprint density at radius 3 is 2.73 bits per heavy atom. The summed E-state index contributed by atoms with van der Waals surface area (Å²) in [5.74, 6) is 0.389. The average Bonchev–Trinajstić information content (AvgIpc) is 2.74. The third-order valence-electron chi connectivity index (χ3n) is 2.04. The Morgan fingerprint density at radius 2 is 2.27 bits per heavy atom. The van der Waals surface area contributed by atoms with Gasteiger partial charge in [-0.2, -0.15) is 0 Å². The molecule has 0 radical (unpaired) electrons. The average molecular weight is 154 g/mol. The standard InChI is InChI=1S/C7H10N2O2/c1-4-6(9-11-8-4)7(10)5-2-3-5/h5,7,10H,2-3H2,1H3/t7-/m1/s1. The second kappa shape index (κ2) is 2.30. The maximum Gasteiger partial charge on any atom is 0.136 e. The molecule has 0 spiro atoms. The van der Waals surface area contributed by atoms with E-state index in [2.05, 4.69) is 14.9 Å². The molecule has 1 aromatic rings. The zero-order valence-electron chi connectivity index (χ0n) is 6.32. The number of nitrogens with zero attached hydrogens (tertiary/aromatic N) is 2. The van der Waals surface area contributed by atoms with Crippen LogP contribution in [-0.4, -0.2) is 15.4 Å². The number of aliphatic hydroxyl groups excluding tert-OH is 1. The highest BCUT2D eigenvalue weighted by Gasteiger charge is 2.33. The molecule has 1 saturated carbocycles. The van der Waals surface area contributed by atoms with Crippen molar-refractivity contribution in [3.8, 4) is 0 Å². The fraction of sp³-hybridized carbons (Fsp3) is 0.714. The van der Waals surface area contributed by atoms with Gasteiger partial charge >= 0.3 is 0 Å². The van der Waals surface area contributed by atoms with Gasteiger partial charge in [-0.25, -0.2) is 4.63 Å². The monoisotopic (exact) mass is 154 g/mol. The molecule has 4 nitrogen and oxygen atoms in total. The second-order valence-corrected chi connectivity index (χ2v) is 3.02. The first-order valence-electron chi connectivity index (χ1n) is 3.76. The van der Waals surface area contributed by atoms with Gasteiger partial charge in [-0.05, 0) is 25.7 Å². The van der Waals surface area contributed by atoms with Crippen LogP contribution in [0.3, 0.4) is 0 Å². The van der Waals surface area contributed by atoms with Crippen molar-refractivity contribution in [3.63, 3.8) is 0 Å². The normalized spacial score (nSPS) is 20.2. The van der Waals surface area contributed by atoms with Crippen LogP contribution in [0.25, 0.3) is 0 Å². The first-order valence-corrected chi connectivity index (χ1v) is 3.76. The van der Waals surface area contributed by atoms with Crippen LogP contribution in [0, 0.1) is 12.8 Å². The molecule has 0 aromatic carbocycles. The van der Waals surface area contributed by atoms with E-state index in [0.29, 0.717) is 17.3 Å². The molecule has 0 unspecified atom stereocenters. The van der Waals surface area contributed by atoms with Gasteiger partial charge in [0.1, 0.15) is 17.5 Å². The molecule has 11 heavy (non-hydrogen) atoms. The van der Waals surface area contributed by atoms with Crippen molar-refractivity contribution in [3.05, 3.63) is 11.4 Å². The van der Waals surface area contributed by atoms with Crippen LogP contribution in [0.1, 0.15) is 30.3 Å². The summed E-state index contributed by atoms with van der Waals surface area (Å²) < 4.78 is 4.48. The largest absolute Gasteiger partial charge is 0.386 e. The smallest absolute Gasteiger partial charge is 0.136 e. The SMILES string of the molecule is Cc1nonc1[C@H](O)C1CC1. The zero-order valence-corrected chi connectivity index (χ0v) is 6.32. The molecule has 1 N–H and O–H groups in total. The summed E-state index contributed by atoms with van der Waals surface area (Å²) in [6.45, 7) is 1.79. The third kappa shape index (κ3) is 1.14. The topological polar surface area (TPSA) is 59.2 Å². The van der Waals surface area contributed by atoms with E-state index in [9.17, 15) is 5.11 Å². The quantitative estimate of drug-likeness (QED) is 0.685. The zero-order chi connectivity index (χ0) is 7.84. The van der Waals surface area contributed by atoms with Gasteiger partial charge in [0.25, 0.3) is 0 Å². The van der Waals surface area contributed by atoms with Crippen molar-refractivity contribution in [2.24, 2.45) is 5.92 Å². The number of hydrogen-bond acceptors (Lipinski definition) is 4. The highest BCUT2D eigenvalue weighted by atomic mass is 16.6. The van der Waals surface area contributed by atoms with Crippen LogP contribution in [0.4, 0.5) is 0 Å². The van der Waals surface area contributed by atoms with Crippen molar-refractivity contribution >= 4 is 0 Å².